The van der Waals surface area contributed by atoms with Crippen LogP contribution in [0.15, 0.2) is 59.8 Å². The van der Waals surface area contributed by atoms with Crippen LogP contribution >= 0.6 is 12.2 Å². The SMILES string of the molecule is CCOc1ccc(C2NC(=S)NC(C)=C2C(=O)Nc2ccccc2OC)cc1. The molecule has 0 aliphatic carbocycles. The third-order valence-electron chi connectivity index (χ3n) is 4.39. The summed E-state index contributed by atoms with van der Waals surface area (Å²) < 4.78 is 10.8. The molecule has 0 aromatic heterocycles. The van der Waals surface area contributed by atoms with E-state index >= 15 is 0 Å². The van der Waals surface area contributed by atoms with Crippen LogP contribution in [0.4, 0.5) is 5.69 Å². The summed E-state index contributed by atoms with van der Waals surface area (Å²) in [4.78, 5) is 13.1. The molecule has 1 atom stereocenters. The number of carbonyl (C=O) groups excluding carboxylic acids is 1. The Hall–Kier alpha value is -3.06. The number of carbonyl (C=O) groups is 1. The standard InChI is InChI=1S/C21H23N3O3S/c1-4-27-15-11-9-14(10-12-15)19-18(13(2)22-21(28)24-19)20(25)23-16-7-5-6-8-17(16)26-3/h5-12,19H,4H2,1-3H3,(H,23,25)(H2,22,24,28). The Labute approximate surface area is 169 Å². The molecule has 0 spiro atoms. The summed E-state index contributed by atoms with van der Waals surface area (Å²) in [7, 11) is 1.57. The Morgan fingerprint density at radius 3 is 2.57 bits per heavy atom. The number of amides is 1. The summed E-state index contributed by atoms with van der Waals surface area (Å²) in [5, 5.41) is 9.64. The maximum Gasteiger partial charge on any atom is 0.255 e. The average molecular weight is 398 g/mol. The summed E-state index contributed by atoms with van der Waals surface area (Å²) in [6.07, 6.45) is 0. The van der Waals surface area contributed by atoms with Gasteiger partial charge in [-0.25, -0.2) is 0 Å². The minimum atomic E-state index is -0.376. The third-order valence-corrected chi connectivity index (χ3v) is 4.61. The number of methoxy groups -OCH3 is 1. The molecule has 28 heavy (non-hydrogen) atoms. The van der Waals surface area contributed by atoms with E-state index in [9.17, 15) is 4.79 Å². The molecule has 0 saturated heterocycles. The Bertz CT molecular complexity index is 909. The molecule has 7 heteroatoms. The fourth-order valence-electron chi connectivity index (χ4n) is 3.11. The molecule has 2 aromatic carbocycles. The maximum atomic E-state index is 13.1. The van der Waals surface area contributed by atoms with Crippen molar-refractivity contribution in [1.29, 1.82) is 0 Å². The quantitative estimate of drug-likeness (QED) is 0.648. The molecular weight excluding hydrogens is 374 g/mol. The van der Waals surface area contributed by atoms with Crippen LogP contribution in [0, 0.1) is 0 Å². The van der Waals surface area contributed by atoms with Crippen molar-refractivity contribution >= 4 is 28.9 Å². The van der Waals surface area contributed by atoms with E-state index in [0.29, 0.717) is 34.4 Å². The van der Waals surface area contributed by atoms with Gasteiger partial charge in [-0.3, -0.25) is 4.79 Å². The van der Waals surface area contributed by atoms with Gasteiger partial charge < -0.3 is 25.4 Å². The van der Waals surface area contributed by atoms with Crippen molar-refractivity contribution in [2.45, 2.75) is 19.9 Å². The predicted octanol–water partition coefficient (Wildman–Crippen LogP) is 3.53. The van der Waals surface area contributed by atoms with Gasteiger partial charge in [-0.15, -0.1) is 0 Å². The van der Waals surface area contributed by atoms with Gasteiger partial charge in [-0.1, -0.05) is 24.3 Å². The minimum Gasteiger partial charge on any atom is -0.495 e. The molecule has 1 aliphatic rings. The lowest BCUT2D eigenvalue weighted by molar-refractivity contribution is -0.113. The van der Waals surface area contributed by atoms with Crippen LogP contribution in [0.3, 0.4) is 0 Å². The number of benzene rings is 2. The van der Waals surface area contributed by atoms with Gasteiger partial charge >= 0.3 is 0 Å². The molecule has 1 aliphatic heterocycles. The van der Waals surface area contributed by atoms with Crippen molar-refractivity contribution < 1.29 is 14.3 Å². The number of rotatable bonds is 6. The van der Waals surface area contributed by atoms with E-state index in [-0.39, 0.29) is 11.9 Å². The number of anilines is 1. The Balaban J connectivity index is 1.92. The number of allylic oxidation sites excluding steroid dienone is 1. The van der Waals surface area contributed by atoms with Crippen molar-refractivity contribution in [1.82, 2.24) is 10.6 Å². The molecule has 146 valence electrons. The first-order valence-electron chi connectivity index (χ1n) is 8.99. The molecule has 1 unspecified atom stereocenters. The number of ether oxygens (including phenoxy) is 2. The summed E-state index contributed by atoms with van der Waals surface area (Å²) in [5.74, 6) is 1.14. The smallest absolute Gasteiger partial charge is 0.255 e. The average Bonchev–Trinajstić information content (AvgIpc) is 2.68. The highest BCUT2D eigenvalue weighted by Gasteiger charge is 2.30. The first kappa shape index (κ1) is 19.7. The van der Waals surface area contributed by atoms with E-state index in [1.807, 2.05) is 50.2 Å². The van der Waals surface area contributed by atoms with Gasteiger partial charge in [0.25, 0.3) is 5.91 Å². The molecule has 1 amide bonds. The van der Waals surface area contributed by atoms with Crippen LogP contribution in [0.25, 0.3) is 0 Å². The van der Waals surface area contributed by atoms with Crippen molar-refractivity contribution in [3.63, 3.8) is 0 Å². The van der Waals surface area contributed by atoms with Crippen LogP contribution in [-0.2, 0) is 4.79 Å². The van der Waals surface area contributed by atoms with Crippen molar-refractivity contribution in [2.24, 2.45) is 0 Å². The van der Waals surface area contributed by atoms with Crippen molar-refractivity contribution in [3.05, 3.63) is 65.4 Å². The second kappa shape index (κ2) is 8.75. The summed E-state index contributed by atoms with van der Waals surface area (Å²) in [6.45, 7) is 4.37. The lowest BCUT2D eigenvalue weighted by atomic mass is 9.95. The third kappa shape index (κ3) is 4.26. The molecule has 0 saturated carbocycles. The second-order valence-corrected chi connectivity index (χ2v) is 6.63. The van der Waals surface area contributed by atoms with Crippen LogP contribution in [0.5, 0.6) is 11.5 Å². The predicted molar refractivity (Wildman–Crippen MR) is 114 cm³/mol. The van der Waals surface area contributed by atoms with Gasteiger partial charge in [0.1, 0.15) is 11.5 Å². The topological polar surface area (TPSA) is 71.6 Å². The van der Waals surface area contributed by atoms with Gasteiger partial charge in [0.2, 0.25) is 0 Å². The molecule has 6 nitrogen and oxygen atoms in total. The second-order valence-electron chi connectivity index (χ2n) is 6.23. The lowest BCUT2D eigenvalue weighted by Crippen LogP contribution is -2.45. The molecule has 3 rings (SSSR count). The van der Waals surface area contributed by atoms with E-state index in [4.69, 9.17) is 21.7 Å². The summed E-state index contributed by atoms with van der Waals surface area (Å²) in [6, 6.07) is 14.5. The first-order valence-corrected chi connectivity index (χ1v) is 9.39. The number of nitrogens with one attached hydrogen (secondary N) is 3. The summed E-state index contributed by atoms with van der Waals surface area (Å²) >= 11 is 5.30. The van der Waals surface area contributed by atoms with Crippen LogP contribution in [0.2, 0.25) is 0 Å². The van der Waals surface area contributed by atoms with Crippen LogP contribution in [0.1, 0.15) is 25.5 Å². The number of hydrogen-bond donors (Lipinski definition) is 3. The molecule has 1 heterocycles. The van der Waals surface area contributed by atoms with Gasteiger partial charge in [0, 0.05) is 5.70 Å². The Morgan fingerprint density at radius 1 is 1.18 bits per heavy atom. The van der Waals surface area contributed by atoms with E-state index in [0.717, 1.165) is 11.3 Å². The molecule has 3 N–H and O–H groups in total. The fraction of sp³-hybridized carbons (Fsp3) is 0.238. The monoisotopic (exact) mass is 397 g/mol. The zero-order valence-corrected chi connectivity index (χ0v) is 16.9. The van der Waals surface area contributed by atoms with E-state index in [1.54, 1.807) is 19.2 Å². The number of hydrogen-bond acceptors (Lipinski definition) is 4. The van der Waals surface area contributed by atoms with Crippen LogP contribution < -0.4 is 25.4 Å². The molecule has 0 fully saturated rings. The first-order chi connectivity index (χ1) is 13.5. The molecule has 0 radical (unpaired) electrons. The normalized spacial score (nSPS) is 16.1. The minimum absolute atomic E-state index is 0.233. The van der Waals surface area contributed by atoms with Gasteiger partial charge in [-0.2, -0.15) is 0 Å². The largest absolute Gasteiger partial charge is 0.495 e. The van der Waals surface area contributed by atoms with Crippen molar-refractivity contribution in [3.8, 4) is 11.5 Å². The highest BCUT2D eigenvalue weighted by Crippen LogP contribution is 2.30. The van der Waals surface area contributed by atoms with Gasteiger partial charge in [-0.05, 0) is 55.9 Å². The van der Waals surface area contributed by atoms with E-state index < -0.39 is 0 Å². The van der Waals surface area contributed by atoms with E-state index in [1.165, 1.54) is 0 Å². The van der Waals surface area contributed by atoms with Gasteiger partial charge in [0.15, 0.2) is 5.11 Å². The highest BCUT2D eigenvalue weighted by molar-refractivity contribution is 7.80. The Morgan fingerprint density at radius 2 is 1.89 bits per heavy atom. The Kier molecular flexibility index (Phi) is 6.16. The number of para-hydroxylation sites is 2. The lowest BCUT2D eigenvalue weighted by Gasteiger charge is -2.30. The number of thiocarbonyl (C=S) groups is 1. The maximum absolute atomic E-state index is 13.1. The summed E-state index contributed by atoms with van der Waals surface area (Å²) in [5.41, 5.74) is 2.78. The zero-order chi connectivity index (χ0) is 20.1. The van der Waals surface area contributed by atoms with Crippen LogP contribution in [-0.4, -0.2) is 24.7 Å². The highest BCUT2D eigenvalue weighted by atomic mass is 32.1. The zero-order valence-electron chi connectivity index (χ0n) is 16.0. The van der Waals surface area contributed by atoms with Gasteiger partial charge in [0.05, 0.1) is 31.0 Å². The molecular formula is C21H23N3O3S. The molecule has 0 bridgehead atoms. The molecule has 2 aromatic rings. The van der Waals surface area contributed by atoms with E-state index in [2.05, 4.69) is 16.0 Å². The van der Waals surface area contributed by atoms with Crippen molar-refractivity contribution in [2.75, 3.05) is 19.0 Å². The fourth-order valence-corrected chi connectivity index (χ4v) is 3.38.